The van der Waals surface area contributed by atoms with Crippen LogP contribution in [0.1, 0.15) is 16.1 Å². The molecule has 2 rings (SSSR count). The molecule has 0 spiro atoms. The number of halogens is 1. The predicted molar refractivity (Wildman–Crippen MR) is 57.6 cm³/mol. The molecule has 1 heterocycles. The van der Waals surface area contributed by atoms with Gasteiger partial charge in [0.15, 0.2) is 5.78 Å². The van der Waals surface area contributed by atoms with Crippen LogP contribution in [0.2, 0.25) is 0 Å². The molecule has 0 fully saturated rings. The molecule has 0 atom stereocenters. The van der Waals surface area contributed by atoms with E-state index in [1.807, 2.05) is 0 Å². The molecule has 0 aliphatic rings. The molecule has 4 heteroatoms. The lowest BCUT2D eigenvalue weighted by molar-refractivity contribution is 0.0987. The second-order valence-electron chi connectivity index (χ2n) is 3.41. The first-order chi connectivity index (χ1) is 7.66. The third-order valence-electron chi connectivity index (χ3n) is 2.23. The molecule has 1 aromatic heterocycles. The van der Waals surface area contributed by atoms with Crippen molar-refractivity contribution in [2.75, 3.05) is 5.73 Å². The van der Waals surface area contributed by atoms with Gasteiger partial charge < -0.3 is 10.2 Å². The lowest BCUT2D eigenvalue weighted by Gasteiger charge is -2.03. The second kappa shape index (κ2) is 4.18. The molecule has 0 amide bonds. The van der Waals surface area contributed by atoms with E-state index >= 15 is 0 Å². The summed E-state index contributed by atoms with van der Waals surface area (Å²) in [6.45, 7) is 0. The van der Waals surface area contributed by atoms with E-state index in [9.17, 15) is 9.18 Å². The standard InChI is InChI=1S/C12H10FNO2/c13-8-3-4-11(14)10(6-8)12(15)7-9-2-1-5-16-9/h1-6H,7,14H2. The molecule has 0 radical (unpaired) electrons. The predicted octanol–water partition coefficient (Wildman–Crippen LogP) is 2.43. The van der Waals surface area contributed by atoms with Crippen molar-refractivity contribution in [1.82, 2.24) is 0 Å². The van der Waals surface area contributed by atoms with Gasteiger partial charge in [-0.25, -0.2) is 4.39 Å². The van der Waals surface area contributed by atoms with Crippen LogP contribution in [0.25, 0.3) is 0 Å². The molecule has 3 nitrogen and oxygen atoms in total. The number of carbonyl (C=O) groups is 1. The Bertz CT molecular complexity index is 506. The van der Waals surface area contributed by atoms with Gasteiger partial charge in [0, 0.05) is 11.3 Å². The van der Waals surface area contributed by atoms with Crippen LogP contribution in [0.15, 0.2) is 41.0 Å². The quantitative estimate of drug-likeness (QED) is 0.637. The maximum absolute atomic E-state index is 13.0. The number of ketones is 1. The van der Waals surface area contributed by atoms with E-state index in [1.165, 1.54) is 18.4 Å². The molecule has 0 saturated carbocycles. The molecule has 1 aromatic carbocycles. The highest BCUT2D eigenvalue weighted by Gasteiger charge is 2.12. The third-order valence-corrected chi connectivity index (χ3v) is 2.23. The zero-order valence-electron chi connectivity index (χ0n) is 8.44. The zero-order valence-corrected chi connectivity index (χ0v) is 8.44. The second-order valence-corrected chi connectivity index (χ2v) is 3.41. The largest absolute Gasteiger partial charge is 0.469 e. The topological polar surface area (TPSA) is 56.2 Å². The molecule has 0 bridgehead atoms. The van der Waals surface area contributed by atoms with E-state index in [0.717, 1.165) is 6.07 Å². The van der Waals surface area contributed by atoms with E-state index in [4.69, 9.17) is 10.2 Å². The van der Waals surface area contributed by atoms with Gasteiger partial charge in [-0.3, -0.25) is 4.79 Å². The van der Waals surface area contributed by atoms with Gasteiger partial charge in [-0.05, 0) is 30.3 Å². The Morgan fingerprint density at radius 3 is 2.88 bits per heavy atom. The highest BCUT2D eigenvalue weighted by atomic mass is 19.1. The molecule has 0 saturated heterocycles. The van der Waals surface area contributed by atoms with Gasteiger partial charge in [0.1, 0.15) is 11.6 Å². The van der Waals surface area contributed by atoms with Gasteiger partial charge in [0.05, 0.1) is 12.7 Å². The number of furan rings is 1. The summed E-state index contributed by atoms with van der Waals surface area (Å²) in [6.07, 6.45) is 1.57. The van der Waals surface area contributed by atoms with Crippen LogP contribution in [0.3, 0.4) is 0 Å². The SMILES string of the molecule is Nc1ccc(F)cc1C(=O)Cc1ccco1. The summed E-state index contributed by atoms with van der Waals surface area (Å²) in [5.41, 5.74) is 6.07. The van der Waals surface area contributed by atoms with Crippen LogP contribution in [-0.4, -0.2) is 5.78 Å². The monoisotopic (exact) mass is 219 g/mol. The lowest BCUT2D eigenvalue weighted by atomic mass is 10.1. The Hall–Kier alpha value is -2.10. The minimum absolute atomic E-state index is 0.0840. The number of rotatable bonds is 3. The van der Waals surface area contributed by atoms with Crippen molar-refractivity contribution < 1.29 is 13.6 Å². The first kappa shape index (κ1) is 10.4. The zero-order chi connectivity index (χ0) is 11.5. The van der Waals surface area contributed by atoms with Crippen molar-refractivity contribution in [1.29, 1.82) is 0 Å². The summed E-state index contributed by atoms with van der Waals surface area (Å²) in [4.78, 5) is 11.8. The minimum atomic E-state index is -0.475. The highest BCUT2D eigenvalue weighted by molar-refractivity contribution is 6.01. The van der Waals surface area contributed by atoms with Crippen molar-refractivity contribution >= 4 is 11.5 Å². The van der Waals surface area contributed by atoms with Crippen molar-refractivity contribution in [3.05, 3.63) is 53.7 Å². The van der Waals surface area contributed by atoms with Crippen LogP contribution in [0.4, 0.5) is 10.1 Å². The number of carbonyl (C=O) groups excluding carboxylic acids is 1. The van der Waals surface area contributed by atoms with Crippen molar-refractivity contribution in [2.24, 2.45) is 0 Å². The van der Waals surface area contributed by atoms with Crippen LogP contribution >= 0.6 is 0 Å². The summed E-state index contributed by atoms with van der Waals surface area (Å²) in [7, 11) is 0. The maximum Gasteiger partial charge on any atom is 0.172 e. The number of hydrogen-bond acceptors (Lipinski definition) is 3. The Balaban J connectivity index is 2.24. The molecule has 16 heavy (non-hydrogen) atoms. The molecular formula is C12H10FNO2. The first-order valence-corrected chi connectivity index (χ1v) is 4.77. The van der Waals surface area contributed by atoms with Gasteiger partial charge in [-0.1, -0.05) is 0 Å². The van der Waals surface area contributed by atoms with E-state index in [1.54, 1.807) is 12.1 Å². The summed E-state index contributed by atoms with van der Waals surface area (Å²) < 4.78 is 18.0. The number of hydrogen-bond donors (Lipinski definition) is 1. The minimum Gasteiger partial charge on any atom is -0.469 e. The van der Waals surface area contributed by atoms with Crippen LogP contribution in [0.5, 0.6) is 0 Å². The maximum atomic E-state index is 13.0. The highest BCUT2D eigenvalue weighted by Crippen LogP contribution is 2.16. The summed E-state index contributed by atoms with van der Waals surface area (Å²) in [6, 6.07) is 7.12. The lowest BCUT2D eigenvalue weighted by Crippen LogP contribution is -2.07. The molecular weight excluding hydrogens is 209 g/mol. The Morgan fingerprint density at radius 1 is 1.38 bits per heavy atom. The normalized spacial score (nSPS) is 10.3. The number of benzene rings is 1. The van der Waals surface area contributed by atoms with E-state index in [-0.39, 0.29) is 23.5 Å². The molecule has 0 unspecified atom stereocenters. The fraction of sp³-hybridized carbons (Fsp3) is 0.0833. The molecule has 82 valence electrons. The van der Waals surface area contributed by atoms with E-state index in [0.29, 0.717) is 5.76 Å². The van der Waals surface area contributed by atoms with Gasteiger partial charge in [-0.15, -0.1) is 0 Å². The van der Waals surface area contributed by atoms with Crippen LogP contribution < -0.4 is 5.73 Å². The fourth-order valence-electron chi connectivity index (χ4n) is 1.44. The van der Waals surface area contributed by atoms with E-state index in [2.05, 4.69) is 0 Å². The summed E-state index contributed by atoms with van der Waals surface area (Å²) >= 11 is 0. The number of nitrogen functional groups attached to an aromatic ring is 1. The third kappa shape index (κ3) is 2.11. The summed E-state index contributed by atoms with van der Waals surface area (Å²) in [5.74, 6) is -0.197. The number of anilines is 1. The van der Waals surface area contributed by atoms with Gasteiger partial charge in [0.2, 0.25) is 0 Å². The van der Waals surface area contributed by atoms with Gasteiger partial charge in [-0.2, -0.15) is 0 Å². The molecule has 2 aromatic rings. The van der Waals surface area contributed by atoms with Crippen molar-refractivity contribution in [3.63, 3.8) is 0 Å². The van der Waals surface area contributed by atoms with Crippen molar-refractivity contribution in [2.45, 2.75) is 6.42 Å². The number of nitrogens with two attached hydrogens (primary N) is 1. The fourth-order valence-corrected chi connectivity index (χ4v) is 1.44. The van der Waals surface area contributed by atoms with Gasteiger partial charge >= 0.3 is 0 Å². The Kier molecular flexibility index (Phi) is 2.72. The average Bonchev–Trinajstić information content (AvgIpc) is 2.74. The van der Waals surface area contributed by atoms with E-state index < -0.39 is 5.82 Å². The molecule has 0 aliphatic carbocycles. The Morgan fingerprint density at radius 2 is 2.19 bits per heavy atom. The van der Waals surface area contributed by atoms with Crippen molar-refractivity contribution in [3.8, 4) is 0 Å². The average molecular weight is 219 g/mol. The van der Waals surface area contributed by atoms with Crippen LogP contribution in [-0.2, 0) is 6.42 Å². The first-order valence-electron chi connectivity index (χ1n) is 4.77. The Labute approximate surface area is 91.7 Å². The number of Topliss-reactive ketones (excluding diaryl/α,β-unsaturated/α-hetero) is 1. The smallest absolute Gasteiger partial charge is 0.172 e. The van der Waals surface area contributed by atoms with Crippen LogP contribution in [0, 0.1) is 5.82 Å². The van der Waals surface area contributed by atoms with Gasteiger partial charge in [0.25, 0.3) is 0 Å². The molecule has 0 aliphatic heterocycles. The summed E-state index contributed by atoms with van der Waals surface area (Å²) in [5, 5.41) is 0. The molecule has 2 N–H and O–H groups in total.